The molecule has 1 saturated heterocycles. The van der Waals surface area contributed by atoms with Gasteiger partial charge >= 0.3 is 0 Å². The molecule has 0 spiro atoms. The zero-order valence-corrected chi connectivity index (χ0v) is 16.6. The standard InChI is InChI=1S/C24H31N3O/c28-23(27-16-15-26-19-22(27)21-9-6-14-25-18-21)17-24(11-4-5-12-24)13-10-20-7-2-1-3-8-20/h1-3,6-9,14,18,22,26H,4-5,10-13,15-17,19H2. The molecule has 1 aliphatic carbocycles. The molecule has 1 saturated carbocycles. The third-order valence-corrected chi connectivity index (χ3v) is 6.61. The number of carbonyl (C=O) groups excluding carboxylic acids is 1. The molecule has 1 aromatic carbocycles. The van der Waals surface area contributed by atoms with Gasteiger partial charge < -0.3 is 10.2 Å². The third kappa shape index (κ3) is 4.44. The summed E-state index contributed by atoms with van der Waals surface area (Å²) < 4.78 is 0. The van der Waals surface area contributed by atoms with Crippen LogP contribution in [0.3, 0.4) is 0 Å². The quantitative estimate of drug-likeness (QED) is 0.823. The lowest BCUT2D eigenvalue weighted by molar-refractivity contribution is -0.137. The summed E-state index contributed by atoms with van der Waals surface area (Å²) in [5.74, 6) is 0.324. The lowest BCUT2D eigenvalue weighted by Gasteiger charge is -2.39. The van der Waals surface area contributed by atoms with Crippen LogP contribution >= 0.6 is 0 Å². The van der Waals surface area contributed by atoms with E-state index < -0.39 is 0 Å². The van der Waals surface area contributed by atoms with E-state index in [4.69, 9.17) is 0 Å². The fourth-order valence-electron chi connectivity index (χ4n) is 4.99. The molecule has 1 N–H and O–H groups in total. The van der Waals surface area contributed by atoms with Gasteiger partial charge in [0.05, 0.1) is 6.04 Å². The summed E-state index contributed by atoms with van der Waals surface area (Å²) in [6.45, 7) is 2.47. The Kier molecular flexibility index (Phi) is 6.06. The summed E-state index contributed by atoms with van der Waals surface area (Å²) in [6, 6.07) is 14.9. The fraction of sp³-hybridized carbons (Fsp3) is 0.500. The minimum absolute atomic E-state index is 0.0996. The van der Waals surface area contributed by atoms with Gasteiger partial charge in [-0.2, -0.15) is 0 Å². The highest BCUT2D eigenvalue weighted by atomic mass is 16.2. The van der Waals surface area contributed by atoms with E-state index in [1.54, 1.807) is 6.20 Å². The highest BCUT2D eigenvalue weighted by Gasteiger charge is 2.38. The Balaban J connectivity index is 1.46. The number of nitrogens with one attached hydrogen (secondary N) is 1. The molecule has 28 heavy (non-hydrogen) atoms. The average molecular weight is 378 g/mol. The zero-order valence-electron chi connectivity index (χ0n) is 16.6. The minimum atomic E-state index is 0.0996. The second kappa shape index (κ2) is 8.87. The highest BCUT2D eigenvalue weighted by molar-refractivity contribution is 5.77. The molecule has 2 heterocycles. The van der Waals surface area contributed by atoms with Gasteiger partial charge in [0.25, 0.3) is 0 Å². The van der Waals surface area contributed by atoms with Crippen LogP contribution in [-0.4, -0.2) is 35.4 Å². The van der Waals surface area contributed by atoms with Crippen molar-refractivity contribution in [3.8, 4) is 0 Å². The molecule has 2 aromatic rings. The SMILES string of the molecule is O=C(CC1(CCc2ccccc2)CCCC1)N1CCNCC1c1cccnc1. The predicted octanol–water partition coefficient (Wildman–Crippen LogP) is 4.14. The van der Waals surface area contributed by atoms with E-state index in [0.717, 1.165) is 38.0 Å². The summed E-state index contributed by atoms with van der Waals surface area (Å²) in [6.07, 6.45) is 11.5. The number of hydrogen-bond acceptors (Lipinski definition) is 3. The number of piperazine rings is 1. The van der Waals surface area contributed by atoms with Crippen molar-refractivity contribution in [2.75, 3.05) is 19.6 Å². The lowest BCUT2D eigenvalue weighted by Crippen LogP contribution is -2.49. The summed E-state index contributed by atoms with van der Waals surface area (Å²) in [5, 5.41) is 3.45. The van der Waals surface area contributed by atoms with Crippen LogP contribution in [0.1, 0.15) is 55.7 Å². The van der Waals surface area contributed by atoms with Crippen LogP contribution in [-0.2, 0) is 11.2 Å². The number of aryl methyl sites for hydroxylation is 1. The maximum absolute atomic E-state index is 13.4. The summed E-state index contributed by atoms with van der Waals surface area (Å²) in [4.78, 5) is 19.8. The summed E-state index contributed by atoms with van der Waals surface area (Å²) >= 11 is 0. The van der Waals surface area contributed by atoms with Gasteiger partial charge in [-0.05, 0) is 48.3 Å². The monoisotopic (exact) mass is 377 g/mol. The molecule has 1 aromatic heterocycles. The highest BCUT2D eigenvalue weighted by Crippen LogP contribution is 2.45. The van der Waals surface area contributed by atoms with Gasteiger partial charge in [-0.1, -0.05) is 49.2 Å². The van der Waals surface area contributed by atoms with Crippen molar-refractivity contribution in [3.63, 3.8) is 0 Å². The number of nitrogens with zero attached hydrogens (tertiary/aromatic N) is 2. The number of carbonyl (C=O) groups is 1. The topological polar surface area (TPSA) is 45.2 Å². The van der Waals surface area contributed by atoms with E-state index >= 15 is 0 Å². The van der Waals surface area contributed by atoms with Crippen molar-refractivity contribution < 1.29 is 4.79 Å². The lowest BCUT2D eigenvalue weighted by atomic mass is 9.77. The Morgan fingerprint density at radius 3 is 2.71 bits per heavy atom. The summed E-state index contributed by atoms with van der Waals surface area (Å²) in [7, 11) is 0. The number of amides is 1. The molecule has 1 atom stereocenters. The molecule has 4 nitrogen and oxygen atoms in total. The predicted molar refractivity (Wildman–Crippen MR) is 112 cm³/mol. The molecule has 1 aliphatic heterocycles. The number of benzene rings is 1. The molecular formula is C24H31N3O. The first-order chi connectivity index (χ1) is 13.8. The molecule has 0 bridgehead atoms. The Morgan fingerprint density at radius 2 is 1.96 bits per heavy atom. The second-order valence-corrected chi connectivity index (χ2v) is 8.46. The number of rotatable bonds is 6. The van der Waals surface area contributed by atoms with Crippen LogP contribution in [0.25, 0.3) is 0 Å². The third-order valence-electron chi connectivity index (χ3n) is 6.61. The van der Waals surface area contributed by atoms with Crippen LogP contribution in [0.15, 0.2) is 54.9 Å². The van der Waals surface area contributed by atoms with Crippen molar-refractivity contribution in [1.29, 1.82) is 0 Å². The first-order valence-corrected chi connectivity index (χ1v) is 10.7. The van der Waals surface area contributed by atoms with E-state index in [1.807, 2.05) is 12.3 Å². The zero-order chi connectivity index (χ0) is 19.2. The Hall–Kier alpha value is -2.20. The van der Waals surface area contributed by atoms with Crippen molar-refractivity contribution in [2.24, 2.45) is 5.41 Å². The van der Waals surface area contributed by atoms with Crippen molar-refractivity contribution >= 4 is 5.91 Å². The molecule has 2 fully saturated rings. The second-order valence-electron chi connectivity index (χ2n) is 8.46. The Labute approximate surface area is 168 Å². The number of aromatic nitrogens is 1. The first-order valence-electron chi connectivity index (χ1n) is 10.7. The van der Waals surface area contributed by atoms with E-state index in [2.05, 4.69) is 51.6 Å². The van der Waals surface area contributed by atoms with Crippen LogP contribution in [0.4, 0.5) is 0 Å². The average Bonchev–Trinajstić information content (AvgIpc) is 3.22. The Morgan fingerprint density at radius 1 is 1.14 bits per heavy atom. The number of hydrogen-bond donors (Lipinski definition) is 1. The van der Waals surface area contributed by atoms with Gasteiger partial charge in [-0.3, -0.25) is 9.78 Å². The van der Waals surface area contributed by atoms with Crippen LogP contribution in [0.2, 0.25) is 0 Å². The van der Waals surface area contributed by atoms with Crippen molar-refractivity contribution in [2.45, 2.75) is 51.0 Å². The van der Waals surface area contributed by atoms with E-state index in [9.17, 15) is 4.79 Å². The van der Waals surface area contributed by atoms with Crippen LogP contribution in [0.5, 0.6) is 0 Å². The minimum Gasteiger partial charge on any atom is -0.333 e. The van der Waals surface area contributed by atoms with Crippen LogP contribution in [0, 0.1) is 5.41 Å². The van der Waals surface area contributed by atoms with Gasteiger partial charge in [-0.25, -0.2) is 0 Å². The molecule has 1 unspecified atom stereocenters. The normalized spacial score (nSPS) is 21.6. The molecule has 2 aliphatic rings. The molecule has 148 valence electrons. The van der Waals surface area contributed by atoms with E-state index in [0.29, 0.717) is 12.3 Å². The Bertz CT molecular complexity index is 756. The largest absolute Gasteiger partial charge is 0.333 e. The fourth-order valence-corrected chi connectivity index (χ4v) is 4.99. The molecule has 0 radical (unpaired) electrons. The summed E-state index contributed by atoms with van der Waals surface area (Å²) in [5.41, 5.74) is 2.70. The van der Waals surface area contributed by atoms with Crippen molar-refractivity contribution in [3.05, 3.63) is 66.0 Å². The van der Waals surface area contributed by atoms with Gasteiger partial charge in [0.2, 0.25) is 5.91 Å². The van der Waals surface area contributed by atoms with Gasteiger partial charge in [0.15, 0.2) is 0 Å². The molecular weight excluding hydrogens is 346 g/mol. The molecule has 4 rings (SSSR count). The van der Waals surface area contributed by atoms with Gasteiger partial charge in [0.1, 0.15) is 0 Å². The van der Waals surface area contributed by atoms with E-state index in [-0.39, 0.29) is 11.5 Å². The van der Waals surface area contributed by atoms with Gasteiger partial charge in [0, 0.05) is 38.4 Å². The first kappa shape index (κ1) is 19.1. The van der Waals surface area contributed by atoms with Gasteiger partial charge in [-0.15, -0.1) is 0 Å². The smallest absolute Gasteiger partial charge is 0.223 e. The molecule has 1 amide bonds. The van der Waals surface area contributed by atoms with Crippen molar-refractivity contribution in [1.82, 2.24) is 15.2 Å². The maximum atomic E-state index is 13.4. The van der Waals surface area contributed by atoms with Crippen LogP contribution < -0.4 is 5.32 Å². The van der Waals surface area contributed by atoms with E-state index in [1.165, 1.54) is 31.2 Å². The molecule has 4 heteroatoms. The maximum Gasteiger partial charge on any atom is 0.223 e. The number of pyridine rings is 1.